The molecule has 0 aromatic carbocycles. The van der Waals surface area contributed by atoms with Gasteiger partial charge in [0.25, 0.3) is 0 Å². The number of aromatic nitrogens is 1. The lowest BCUT2D eigenvalue weighted by molar-refractivity contribution is -0.117. The summed E-state index contributed by atoms with van der Waals surface area (Å²) < 4.78 is 5.21. The lowest BCUT2D eigenvalue weighted by Crippen LogP contribution is -2.25. The van der Waals surface area contributed by atoms with E-state index in [1.165, 1.54) is 4.90 Å². The summed E-state index contributed by atoms with van der Waals surface area (Å²) in [6.07, 6.45) is 1.20. The number of amides is 1. The van der Waals surface area contributed by atoms with Gasteiger partial charge in [0.05, 0.1) is 37.6 Å². The Hall–Kier alpha value is -1.62. The van der Waals surface area contributed by atoms with Crippen LogP contribution in [0.1, 0.15) is 13.3 Å². The van der Waals surface area contributed by atoms with Gasteiger partial charge in [0.15, 0.2) is 0 Å². The van der Waals surface area contributed by atoms with Crippen molar-refractivity contribution in [3.05, 3.63) is 18.3 Å². The van der Waals surface area contributed by atoms with Crippen LogP contribution in [0.15, 0.2) is 18.3 Å². The van der Waals surface area contributed by atoms with Crippen molar-refractivity contribution in [3.8, 4) is 5.88 Å². The van der Waals surface area contributed by atoms with Crippen molar-refractivity contribution in [3.63, 3.8) is 0 Å². The van der Waals surface area contributed by atoms with Gasteiger partial charge in [-0.1, -0.05) is 0 Å². The molecule has 1 aromatic heterocycles. The number of ether oxygens (including phenoxy) is 1. The lowest BCUT2D eigenvalue weighted by Gasteiger charge is -2.15. The summed E-state index contributed by atoms with van der Waals surface area (Å²) in [4.78, 5) is 17.1. The molecule has 1 aliphatic rings. The van der Waals surface area contributed by atoms with E-state index < -0.39 is 6.10 Å². The molecule has 1 aliphatic heterocycles. The van der Waals surface area contributed by atoms with Gasteiger partial charge in [-0.3, -0.25) is 4.79 Å². The van der Waals surface area contributed by atoms with Gasteiger partial charge in [-0.2, -0.15) is 0 Å². The van der Waals surface area contributed by atoms with Crippen LogP contribution in [0, 0.1) is 0 Å². The highest BCUT2D eigenvalue weighted by Crippen LogP contribution is 2.22. The number of nitrogens with zero attached hydrogens (tertiary/aromatic N) is 2. The van der Waals surface area contributed by atoms with E-state index in [1.54, 1.807) is 18.3 Å². The number of rotatable bonds is 3. The molecule has 2 heterocycles. The topological polar surface area (TPSA) is 62.7 Å². The highest BCUT2D eigenvalue weighted by molar-refractivity contribution is 5.95. The number of hydrogen-bond acceptors (Lipinski definition) is 4. The zero-order chi connectivity index (χ0) is 11.5. The van der Waals surface area contributed by atoms with Crippen LogP contribution < -0.4 is 9.64 Å². The molecule has 1 atom stereocenters. The molecule has 1 fully saturated rings. The Labute approximate surface area is 93.7 Å². The first-order valence-electron chi connectivity index (χ1n) is 5.28. The molecule has 1 amide bonds. The number of carbonyl (C=O) groups excluding carboxylic acids is 1. The molecule has 1 saturated heterocycles. The van der Waals surface area contributed by atoms with E-state index in [2.05, 4.69) is 4.98 Å². The molecule has 1 aromatic rings. The van der Waals surface area contributed by atoms with Gasteiger partial charge < -0.3 is 14.7 Å². The van der Waals surface area contributed by atoms with Crippen molar-refractivity contribution >= 4 is 11.6 Å². The minimum atomic E-state index is -0.570. The van der Waals surface area contributed by atoms with E-state index >= 15 is 0 Å². The normalized spacial score (nSPS) is 20.2. The molecule has 2 rings (SSSR count). The largest absolute Gasteiger partial charge is 0.478 e. The van der Waals surface area contributed by atoms with Gasteiger partial charge in [0, 0.05) is 6.07 Å². The molecule has 1 unspecified atom stereocenters. The minimum absolute atomic E-state index is 0.0709. The van der Waals surface area contributed by atoms with Crippen LogP contribution in [-0.2, 0) is 4.79 Å². The van der Waals surface area contributed by atoms with Crippen molar-refractivity contribution in [2.24, 2.45) is 0 Å². The first-order valence-corrected chi connectivity index (χ1v) is 5.28. The Morgan fingerprint density at radius 2 is 2.44 bits per heavy atom. The standard InChI is InChI=1S/C11H14N2O3/c1-2-16-10-4-3-8(6-12-10)13-7-9(14)5-11(13)15/h3-4,6,9,14H,2,5,7H2,1H3. The molecule has 1 N–H and O–H groups in total. The van der Waals surface area contributed by atoms with Crippen LogP contribution in [0.2, 0.25) is 0 Å². The lowest BCUT2D eigenvalue weighted by atomic mass is 10.3. The molecule has 5 heteroatoms. The summed E-state index contributed by atoms with van der Waals surface area (Å²) in [5.41, 5.74) is 0.699. The van der Waals surface area contributed by atoms with E-state index in [9.17, 15) is 9.90 Å². The smallest absolute Gasteiger partial charge is 0.229 e. The molecule has 0 radical (unpaired) electrons. The fourth-order valence-electron chi connectivity index (χ4n) is 1.70. The maximum atomic E-state index is 11.5. The van der Waals surface area contributed by atoms with Crippen LogP contribution in [0.5, 0.6) is 5.88 Å². The number of anilines is 1. The zero-order valence-electron chi connectivity index (χ0n) is 9.09. The third-order valence-corrected chi connectivity index (χ3v) is 2.43. The van der Waals surface area contributed by atoms with Crippen LogP contribution in [0.4, 0.5) is 5.69 Å². The summed E-state index contributed by atoms with van der Waals surface area (Å²) in [7, 11) is 0. The van der Waals surface area contributed by atoms with Crippen LogP contribution in [0.3, 0.4) is 0 Å². The summed E-state index contributed by atoms with van der Waals surface area (Å²) in [6.45, 7) is 2.79. The first-order chi connectivity index (χ1) is 7.70. The molecule has 0 aliphatic carbocycles. The van der Waals surface area contributed by atoms with Gasteiger partial charge in [-0.05, 0) is 13.0 Å². The van der Waals surface area contributed by atoms with Crippen molar-refractivity contribution < 1.29 is 14.6 Å². The fourth-order valence-corrected chi connectivity index (χ4v) is 1.70. The molecule has 0 saturated carbocycles. The first kappa shape index (κ1) is 10.9. The van der Waals surface area contributed by atoms with E-state index in [-0.39, 0.29) is 12.3 Å². The van der Waals surface area contributed by atoms with E-state index in [0.29, 0.717) is 24.7 Å². The molecule has 0 spiro atoms. The number of aliphatic hydroxyl groups is 1. The molecule has 5 nitrogen and oxygen atoms in total. The van der Waals surface area contributed by atoms with Crippen LogP contribution in [0.25, 0.3) is 0 Å². The highest BCUT2D eigenvalue weighted by atomic mass is 16.5. The predicted molar refractivity (Wildman–Crippen MR) is 58.4 cm³/mol. The Balaban J connectivity index is 2.12. The van der Waals surface area contributed by atoms with E-state index in [1.807, 2.05) is 6.92 Å². The second-order valence-corrected chi connectivity index (χ2v) is 3.65. The SMILES string of the molecule is CCOc1ccc(N2CC(O)CC2=O)cn1. The van der Waals surface area contributed by atoms with Crippen molar-refractivity contribution in [2.45, 2.75) is 19.4 Å². The Kier molecular flexibility index (Phi) is 3.05. The van der Waals surface area contributed by atoms with Crippen LogP contribution >= 0.6 is 0 Å². The summed E-state index contributed by atoms with van der Waals surface area (Å²) in [6, 6.07) is 3.49. The average molecular weight is 222 g/mol. The molecule has 86 valence electrons. The predicted octanol–water partition coefficient (Wildman–Crippen LogP) is 0.578. The van der Waals surface area contributed by atoms with Crippen molar-refractivity contribution in [2.75, 3.05) is 18.1 Å². The Morgan fingerprint density at radius 1 is 1.62 bits per heavy atom. The summed E-state index contributed by atoms with van der Waals surface area (Å²) in [5, 5.41) is 9.36. The average Bonchev–Trinajstić information content (AvgIpc) is 2.59. The zero-order valence-corrected chi connectivity index (χ0v) is 9.09. The molecule has 16 heavy (non-hydrogen) atoms. The summed E-state index contributed by atoms with van der Waals surface area (Å²) >= 11 is 0. The second kappa shape index (κ2) is 4.49. The van der Waals surface area contributed by atoms with E-state index in [0.717, 1.165) is 0 Å². The maximum absolute atomic E-state index is 11.5. The second-order valence-electron chi connectivity index (χ2n) is 3.65. The van der Waals surface area contributed by atoms with Gasteiger partial charge in [0.1, 0.15) is 0 Å². The summed E-state index contributed by atoms with van der Waals surface area (Å²) in [5.74, 6) is 0.469. The number of hydrogen-bond donors (Lipinski definition) is 1. The van der Waals surface area contributed by atoms with Gasteiger partial charge in [-0.25, -0.2) is 4.98 Å². The van der Waals surface area contributed by atoms with Crippen molar-refractivity contribution in [1.82, 2.24) is 4.98 Å². The third-order valence-electron chi connectivity index (χ3n) is 2.43. The monoisotopic (exact) mass is 222 g/mol. The van der Waals surface area contributed by atoms with Gasteiger partial charge in [-0.15, -0.1) is 0 Å². The molecular weight excluding hydrogens is 208 g/mol. The van der Waals surface area contributed by atoms with Gasteiger partial charge >= 0.3 is 0 Å². The van der Waals surface area contributed by atoms with Gasteiger partial charge in [0.2, 0.25) is 11.8 Å². The number of aliphatic hydroxyl groups excluding tert-OH is 1. The fraction of sp³-hybridized carbons (Fsp3) is 0.455. The van der Waals surface area contributed by atoms with Crippen LogP contribution in [-0.4, -0.2) is 35.3 Å². The number of carbonyl (C=O) groups is 1. The van der Waals surface area contributed by atoms with E-state index in [4.69, 9.17) is 4.74 Å². The van der Waals surface area contributed by atoms with Crippen molar-refractivity contribution in [1.29, 1.82) is 0 Å². The Morgan fingerprint density at radius 3 is 2.94 bits per heavy atom. The number of β-amino-alcohol motifs (C(OH)–C–C–N with tert-alkyl or cyclic N) is 1. The number of pyridine rings is 1. The third kappa shape index (κ3) is 2.14. The minimum Gasteiger partial charge on any atom is -0.478 e. The molecular formula is C11H14N2O3. The Bertz CT molecular complexity index is 377. The maximum Gasteiger partial charge on any atom is 0.229 e. The molecule has 0 bridgehead atoms. The quantitative estimate of drug-likeness (QED) is 0.812. The highest BCUT2D eigenvalue weighted by Gasteiger charge is 2.29.